The molecule has 2 heterocycles. The molecular formula is C40H40F3N3O6S. The number of hydrogen-bond acceptors (Lipinski definition) is 7. The molecule has 2 fully saturated rings. The molecule has 4 unspecified atom stereocenters. The Labute approximate surface area is 309 Å². The number of likely N-dealkylation sites (tertiary alicyclic amines) is 1. The zero-order valence-corrected chi connectivity index (χ0v) is 29.8. The molecule has 278 valence electrons. The lowest BCUT2D eigenvalue weighted by atomic mass is 9.99. The smallest absolute Gasteiger partial charge is 0.392 e. The standard InChI is InChI=1S/C40H40F3N3O6S/c1-25(48)45-32-15-17-34(18-16-32)53-24-33-21-36(29-9-7-26(23-47)8-10-29)52-38(51-33)30-13-11-28(12-14-30)31-5-2-4-27(20-31)22-44-37(49)35-6-3-19-46(35)39(50)40(41,42)43/h2,4-5,7-18,20,33,35-36,38,47H,3,6,19,21-24H2,1H3,(H,44,49)(H,45,48). The van der Waals surface area contributed by atoms with Crippen molar-refractivity contribution in [2.24, 2.45) is 0 Å². The van der Waals surface area contributed by atoms with Gasteiger partial charge >= 0.3 is 12.1 Å². The zero-order chi connectivity index (χ0) is 37.5. The number of carbonyl (C=O) groups is 3. The van der Waals surface area contributed by atoms with E-state index in [0.29, 0.717) is 23.5 Å². The molecule has 2 aliphatic heterocycles. The maximum Gasteiger partial charge on any atom is 0.471 e. The number of rotatable bonds is 11. The molecule has 13 heteroatoms. The second-order valence-corrected chi connectivity index (χ2v) is 14.2. The topological polar surface area (TPSA) is 117 Å². The number of aliphatic hydroxyl groups is 1. The number of halogens is 3. The Balaban J connectivity index is 1.12. The number of ether oxygens (including phenoxy) is 2. The van der Waals surface area contributed by atoms with Crippen LogP contribution in [0.4, 0.5) is 18.9 Å². The molecule has 4 atom stereocenters. The van der Waals surface area contributed by atoms with Crippen LogP contribution in [-0.4, -0.2) is 58.3 Å². The van der Waals surface area contributed by atoms with E-state index in [2.05, 4.69) is 10.6 Å². The van der Waals surface area contributed by atoms with Crippen LogP contribution in [0.3, 0.4) is 0 Å². The lowest BCUT2D eigenvalue weighted by Gasteiger charge is -2.36. The molecule has 0 aliphatic carbocycles. The molecule has 4 aromatic carbocycles. The fraction of sp³-hybridized carbons (Fsp3) is 0.325. The van der Waals surface area contributed by atoms with Crippen molar-refractivity contribution in [1.82, 2.24) is 10.2 Å². The lowest BCUT2D eigenvalue weighted by Crippen LogP contribution is -2.50. The third kappa shape index (κ3) is 9.85. The van der Waals surface area contributed by atoms with Crippen LogP contribution in [0.2, 0.25) is 0 Å². The number of hydrogen-bond donors (Lipinski definition) is 3. The SMILES string of the molecule is CC(=O)Nc1ccc(SCC2CC(c3ccc(CO)cc3)OC(c3ccc(-c4cccc(CNC(=O)C5CCCN5C(=O)C(F)(F)F)c4)cc3)O2)cc1. The van der Waals surface area contributed by atoms with Crippen molar-refractivity contribution in [3.05, 3.63) is 119 Å². The highest BCUT2D eigenvalue weighted by molar-refractivity contribution is 7.99. The first-order chi connectivity index (χ1) is 25.5. The van der Waals surface area contributed by atoms with Gasteiger partial charge in [-0.2, -0.15) is 13.2 Å². The number of anilines is 1. The molecule has 3 amide bonds. The lowest BCUT2D eigenvalue weighted by molar-refractivity contribution is -0.245. The van der Waals surface area contributed by atoms with Gasteiger partial charge in [0, 0.05) is 48.3 Å². The van der Waals surface area contributed by atoms with Crippen LogP contribution >= 0.6 is 11.8 Å². The van der Waals surface area contributed by atoms with Crippen molar-refractivity contribution in [1.29, 1.82) is 0 Å². The van der Waals surface area contributed by atoms with Gasteiger partial charge < -0.3 is 30.1 Å². The number of benzene rings is 4. The normalized spacial score (nSPS) is 20.2. The number of carbonyl (C=O) groups excluding carboxylic acids is 3. The second kappa shape index (κ2) is 17.0. The maximum atomic E-state index is 13.0. The largest absolute Gasteiger partial charge is 0.471 e. The van der Waals surface area contributed by atoms with Crippen LogP contribution in [0.15, 0.2) is 102 Å². The average molecular weight is 748 g/mol. The minimum atomic E-state index is -5.03. The molecular weight excluding hydrogens is 708 g/mol. The third-order valence-electron chi connectivity index (χ3n) is 9.19. The molecule has 9 nitrogen and oxygen atoms in total. The number of thioether (sulfide) groups is 1. The first-order valence-corrected chi connectivity index (χ1v) is 18.3. The molecule has 3 N–H and O–H groups in total. The molecule has 2 saturated heterocycles. The van der Waals surface area contributed by atoms with Gasteiger partial charge in [0.25, 0.3) is 0 Å². The van der Waals surface area contributed by atoms with Crippen LogP contribution in [0.25, 0.3) is 11.1 Å². The monoisotopic (exact) mass is 747 g/mol. The van der Waals surface area contributed by atoms with Gasteiger partial charge in [-0.05, 0) is 71.0 Å². The van der Waals surface area contributed by atoms with E-state index in [9.17, 15) is 32.7 Å². The summed E-state index contributed by atoms with van der Waals surface area (Å²) in [5.74, 6) is -2.06. The first-order valence-electron chi connectivity index (χ1n) is 17.3. The van der Waals surface area contributed by atoms with Gasteiger partial charge in [-0.25, -0.2) is 0 Å². The Morgan fingerprint density at radius 2 is 1.60 bits per heavy atom. The summed E-state index contributed by atoms with van der Waals surface area (Å²) < 4.78 is 52.1. The van der Waals surface area contributed by atoms with Crippen molar-refractivity contribution in [2.45, 2.75) is 74.9 Å². The Morgan fingerprint density at radius 1 is 0.887 bits per heavy atom. The predicted molar refractivity (Wildman–Crippen MR) is 194 cm³/mol. The van der Waals surface area contributed by atoms with Crippen LogP contribution in [0.1, 0.15) is 60.8 Å². The molecule has 0 spiro atoms. The van der Waals surface area contributed by atoms with E-state index in [1.165, 1.54) is 6.92 Å². The highest BCUT2D eigenvalue weighted by atomic mass is 32.2. The van der Waals surface area contributed by atoms with Crippen LogP contribution in [0, 0.1) is 0 Å². The van der Waals surface area contributed by atoms with E-state index in [-0.39, 0.29) is 44.2 Å². The fourth-order valence-electron chi connectivity index (χ4n) is 6.50. The summed E-state index contributed by atoms with van der Waals surface area (Å²) >= 11 is 1.66. The molecule has 6 rings (SSSR count). The average Bonchev–Trinajstić information content (AvgIpc) is 3.66. The Kier molecular flexibility index (Phi) is 12.2. The molecule has 0 radical (unpaired) electrons. The van der Waals surface area contributed by atoms with Crippen molar-refractivity contribution < 1.29 is 42.1 Å². The molecule has 0 bridgehead atoms. The van der Waals surface area contributed by atoms with Crippen LogP contribution < -0.4 is 10.6 Å². The zero-order valence-electron chi connectivity index (χ0n) is 29.0. The van der Waals surface area contributed by atoms with E-state index in [0.717, 1.165) is 44.0 Å². The van der Waals surface area contributed by atoms with Crippen molar-refractivity contribution >= 4 is 35.2 Å². The van der Waals surface area contributed by atoms with Gasteiger partial charge in [0.2, 0.25) is 11.8 Å². The summed E-state index contributed by atoms with van der Waals surface area (Å²) in [5, 5.41) is 15.0. The molecule has 4 aromatic rings. The van der Waals surface area contributed by atoms with E-state index in [1.807, 2.05) is 97.1 Å². The Hall–Kier alpha value is -4.69. The summed E-state index contributed by atoms with van der Waals surface area (Å²) in [7, 11) is 0. The molecule has 53 heavy (non-hydrogen) atoms. The summed E-state index contributed by atoms with van der Waals surface area (Å²) in [4.78, 5) is 37.7. The van der Waals surface area contributed by atoms with E-state index in [4.69, 9.17) is 9.47 Å². The van der Waals surface area contributed by atoms with E-state index < -0.39 is 30.3 Å². The van der Waals surface area contributed by atoms with E-state index >= 15 is 0 Å². The Morgan fingerprint density at radius 3 is 2.28 bits per heavy atom. The number of aliphatic hydroxyl groups excluding tert-OH is 1. The number of nitrogens with one attached hydrogen (secondary N) is 2. The van der Waals surface area contributed by atoms with Gasteiger partial charge in [0.1, 0.15) is 6.04 Å². The summed E-state index contributed by atoms with van der Waals surface area (Å²) in [5.41, 5.74) is 5.90. The van der Waals surface area contributed by atoms with Crippen molar-refractivity contribution in [3.63, 3.8) is 0 Å². The van der Waals surface area contributed by atoms with Crippen LogP contribution in [0.5, 0.6) is 0 Å². The summed E-state index contributed by atoms with van der Waals surface area (Å²) in [6.07, 6.45) is -4.92. The maximum absolute atomic E-state index is 13.0. The number of alkyl halides is 3. The molecule has 0 saturated carbocycles. The summed E-state index contributed by atoms with van der Waals surface area (Å²) in [6.45, 7) is 1.41. The predicted octanol–water partition coefficient (Wildman–Crippen LogP) is 7.31. The van der Waals surface area contributed by atoms with Gasteiger partial charge in [-0.1, -0.05) is 66.7 Å². The van der Waals surface area contributed by atoms with Crippen molar-refractivity contribution in [3.8, 4) is 11.1 Å². The van der Waals surface area contributed by atoms with Gasteiger partial charge in [0.15, 0.2) is 6.29 Å². The molecule has 2 aliphatic rings. The van der Waals surface area contributed by atoms with E-state index in [1.54, 1.807) is 11.8 Å². The highest BCUT2D eigenvalue weighted by Crippen LogP contribution is 2.40. The highest BCUT2D eigenvalue weighted by Gasteiger charge is 2.47. The van der Waals surface area contributed by atoms with Gasteiger partial charge in [0.05, 0.1) is 18.8 Å². The van der Waals surface area contributed by atoms with Gasteiger partial charge in [-0.15, -0.1) is 11.8 Å². The van der Waals surface area contributed by atoms with Crippen molar-refractivity contribution in [2.75, 3.05) is 17.6 Å². The second-order valence-electron chi connectivity index (χ2n) is 13.1. The molecule has 0 aromatic heterocycles. The van der Waals surface area contributed by atoms with Crippen LogP contribution in [-0.2, 0) is 37.0 Å². The number of nitrogens with zero attached hydrogens (tertiary/aromatic N) is 1. The fourth-order valence-corrected chi connectivity index (χ4v) is 7.42. The first kappa shape index (κ1) is 38.0. The quantitative estimate of drug-likeness (QED) is 0.138. The Bertz CT molecular complexity index is 1890. The third-order valence-corrected chi connectivity index (χ3v) is 10.3. The minimum Gasteiger partial charge on any atom is -0.392 e. The number of amides is 3. The summed E-state index contributed by atoms with van der Waals surface area (Å²) in [6, 6.07) is 29.5. The minimum absolute atomic E-state index is 0.0475. The van der Waals surface area contributed by atoms with Gasteiger partial charge in [-0.3, -0.25) is 14.4 Å².